The molecule has 2 saturated heterocycles. The number of nitrogens with two attached hydrogens (primary N) is 1. The topological polar surface area (TPSA) is 58.8 Å². The van der Waals surface area contributed by atoms with E-state index in [4.69, 9.17) is 10.5 Å². The quantitative estimate of drug-likeness (QED) is 0.858. The highest BCUT2D eigenvalue weighted by molar-refractivity contribution is 5.81. The molecule has 1 saturated carbocycles. The van der Waals surface area contributed by atoms with Crippen molar-refractivity contribution < 1.29 is 9.53 Å². The van der Waals surface area contributed by atoms with Gasteiger partial charge in [-0.15, -0.1) is 0 Å². The lowest BCUT2D eigenvalue weighted by Gasteiger charge is -2.50. The first-order valence-corrected chi connectivity index (χ1v) is 9.38. The standard InChI is InChI=1S/C18H33N3O2/c1-14-5-3-4-7-18(14,17(19)22)15-6-12-23-16(13-15)21-10-8-20(2)9-11-21/h14-16H,3-13H2,1-2H3,(H2,19,22). The van der Waals surface area contributed by atoms with Crippen LogP contribution in [0.15, 0.2) is 0 Å². The Hall–Kier alpha value is -0.650. The van der Waals surface area contributed by atoms with E-state index in [1.807, 2.05) is 0 Å². The summed E-state index contributed by atoms with van der Waals surface area (Å²) < 4.78 is 6.09. The van der Waals surface area contributed by atoms with Gasteiger partial charge >= 0.3 is 0 Å². The number of likely N-dealkylation sites (N-methyl/N-ethyl adjacent to an activating group) is 1. The van der Waals surface area contributed by atoms with Gasteiger partial charge in [0.15, 0.2) is 0 Å². The third-order valence-corrected chi connectivity index (χ3v) is 6.75. The van der Waals surface area contributed by atoms with Gasteiger partial charge in [0.25, 0.3) is 0 Å². The van der Waals surface area contributed by atoms with Crippen LogP contribution in [-0.2, 0) is 9.53 Å². The molecule has 3 aliphatic rings. The van der Waals surface area contributed by atoms with Crippen molar-refractivity contribution in [3.8, 4) is 0 Å². The molecule has 1 aliphatic carbocycles. The lowest BCUT2D eigenvalue weighted by atomic mass is 9.57. The van der Waals surface area contributed by atoms with Gasteiger partial charge in [0, 0.05) is 32.8 Å². The van der Waals surface area contributed by atoms with Gasteiger partial charge in [-0.2, -0.15) is 0 Å². The van der Waals surface area contributed by atoms with Crippen molar-refractivity contribution in [2.45, 2.75) is 51.7 Å². The molecule has 4 unspecified atom stereocenters. The van der Waals surface area contributed by atoms with Crippen molar-refractivity contribution in [3.05, 3.63) is 0 Å². The molecule has 3 rings (SSSR count). The van der Waals surface area contributed by atoms with Gasteiger partial charge in [0.1, 0.15) is 6.23 Å². The molecule has 23 heavy (non-hydrogen) atoms. The Morgan fingerprint density at radius 1 is 1.17 bits per heavy atom. The van der Waals surface area contributed by atoms with Gasteiger partial charge in [-0.3, -0.25) is 9.69 Å². The Labute approximate surface area is 140 Å². The lowest BCUT2D eigenvalue weighted by molar-refractivity contribution is -0.158. The second-order valence-electron chi connectivity index (χ2n) is 7.94. The highest BCUT2D eigenvalue weighted by atomic mass is 16.5. The van der Waals surface area contributed by atoms with Crippen LogP contribution in [0.25, 0.3) is 0 Å². The Morgan fingerprint density at radius 3 is 2.57 bits per heavy atom. The zero-order valence-corrected chi connectivity index (χ0v) is 14.8. The molecule has 3 fully saturated rings. The van der Waals surface area contributed by atoms with E-state index in [0.717, 1.165) is 64.9 Å². The van der Waals surface area contributed by atoms with E-state index in [-0.39, 0.29) is 17.6 Å². The summed E-state index contributed by atoms with van der Waals surface area (Å²) in [7, 11) is 2.17. The molecule has 5 nitrogen and oxygen atoms in total. The summed E-state index contributed by atoms with van der Waals surface area (Å²) in [4.78, 5) is 17.3. The largest absolute Gasteiger partial charge is 0.369 e. The van der Waals surface area contributed by atoms with Gasteiger partial charge in [0.05, 0.1) is 5.41 Å². The fourth-order valence-electron chi connectivity index (χ4n) is 5.15. The monoisotopic (exact) mass is 323 g/mol. The van der Waals surface area contributed by atoms with Crippen LogP contribution in [-0.4, -0.2) is 61.8 Å². The van der Waals surface area contributed by atoms with Gasteiger partial charge < -0.3 is 15.4 Å². The van der Waals surface area contributed by atoms with Crippen molar-refractivity contribution in [2.75, 3.05) is 39.8 Å². The van der Waals surface area contributed by atoms with Crippen LogP contribution in [0.3, 0.4) is 0 Å². The van der Waals surface area contributed by atoms with Crippen molar-refractivity contribution in [1.82, 2.24) is 9.80 Å². The number of carbonyl (C=O) groups is 1. The molecule has 4 atom stereocenters. The first-order chi connectivity index (χ1) is 11.0. The molecule has 2 heterocycles. The Morgan fingerprint density at radius 2 is 1.91 bits per heavy atom. The zero-order chi connectivity index (χ0) is 16.4. The van der Waals surface area contributed by atoms with E-state index in [1.165, 1.54) is 6.42 Å². The summed E-state index contributed by atoms with van der Waals surface area (Å²) in [6.07, 6.45) is 6.62. The number of hydrogen-bond donors (Lipinski definition) is 1. The number of ether oxygens (including phenoxy) is 1. The van der Waals surface area contributed by atoms with E-state index in [0.29, 0.717) is 11.8 Å². The van der Waals surface area contributed by atoms with E-state index < -0.39 is 0 Å². The van der Waals surface area contributed by atoms with E-state index >= 15 is 0 Å². The zero-order valence-electron chi connectivity index (χ0n) is 14.8. The average molecular weight is 323 g/mol. The molecular weight excluding hydrogens is 290 g/mol. The van der Waals surface area contributed by atoms with E-state index in [1.54, 1.807) is 0 Å². The Kier molecular flexibility index (Phi) is 5.29. The molecule has 0 radical (unpaired) electrons. The highest BCUT2D eigenvalue weighted by Crippen LogP contribution is 2.50. The summed E-state index contributed by atoms with van der Waals surface area (Å²) in [5, 5.41) is 0. The van der Waals surface area contributed by atoms with Gasteiger partial charge in [-0.1, -0.05) is 19.8 Å². The highest BCUT2D eigenvalue weighted by Gasteiger charge is 2.51. The van der Waals surface area contributed by atoms with E-state index in [2.05, 4.69) is 23.8 Å². The summed E-state index contributed by atoms with van der Waals surface area (Å²) in [5.41, 5.74) is 5.67. The molecule has 132 valence electrons. The van der Waals surface area contributed by atoms with Crippen molar-refractivity contribution in [1.29, 1.82) is 0 Å². The number of nitrogens with zero attached hydrogens (tertiary/aromatic N) is 2. The maximum absolute atomic E-state index is 12.5. The SMILES string of the molecule is CC1CCCCC1(C(N)=O)C1CCOC(N2CCN(C)CC2)C1. The molecule has 5 heteroatoms. The number of hydrogen-bond acceptors (Lipinski definition) is 4. The number of piperazine rings is 1. The van der Waals surface area contributed by atoms with Gasteiger partial charge in [-0.25, -0.2) is 0 Å². The van der Waals surface area contributed by atoms with Crippen molar-refractivity contribution >= 4 is 5.91 Å². The number of rotatable bonds is 3. The maximum atomic E-state index is 12.5. The molecule has 0 aromatic rings. The van der Waals surface area contributed by atoms with Crippen LogP contribution < -0.4 is 5.73 Å². The fraction of sp³-hybridized carbons (Fsp3) is 0.944. The molecule has 2 N–H and O–H groups in total. The Bertz CT molecular complexity index is 422. The molecule has 1 amide bonds. The smallest absolute Gasteiger partial charge is 0.224 e. The second kappa shape index (κ2) is 7.08. The number of amides is 1. The predicted molar refractivity (Wildman–Crippen MR) is 90.8 cm³/mol. The maximum Gasteiger partial charge on any atom is 0.224 e. The minimum Gasteiger partial charge on any atom is -0.369 e. The van der Waals surface area contributed by atoms with E-state index in [9.17, 15) is 4.79 Å². The van der Waals surface area contributed by atoms with Crippen molar-refractivity contribution in [2.24, 2.45) is 23.0 Å². The molecule has 0 aromatic heterocycles. The fourth-order valence-corrected chi connectivity index (χ4v) is 5.15. The molecule has 2 aliphatic heterocycles. The minimum atomic E-state index is -0.299. The molecule has 0 spiro atoms. The van der Waals surface area contributed by atoms with Crippen LogP contribution in [0.4, 0.5) is 0 Å². The number of primary amides is 1. The van der Waals surface area contributed by atoms with Crippen LogP contribution in [0.5, 0.6) is 0 Å². The minimum absolute atomic E-state index is 0.0614. The summed E-state index contributed by atoms with van der Waals surface area (Å²) in [6, 6.07) is 0. The van der Waals surface area contributed by atoms with Gasteiger partial charge in [-0.05, 0) is 44.6 Å². The molecule has 0 aromatic carbocycles. The first kappa shape index (κ1) is 17.2. The van der Waals surface area contributed by atoms with Gasteiger partial charge in [0.2, 0.25) is 5.91 Å². The summed E-state index contributed by atoms with van der Waals surface area (Å²) in [6.45, 7) is 7.33. The number of carbonyl (C=O) groups excluding carboxylic acids is 1. The average Bonchev–Trinajstić information content (AvgIpc) is 2.56. The summed E-state index contributed by atoms with van der Waals surface area (Å²) in [5.74, 6) is 0.729. The Balaban J connectivity index is 1.72. The first-order valence-electron chi connectivity index (χ1n) is 9.38. The lowest BCUT2D eigenvalue weighted by Crippen LogP contribution is -2.56. The van der Waals surface area contributed by atoms with Crippen LogP contribution in [0.2, 0.25) is 0 Å². The third kappa shape index (κ3) is 3.28. The second-order valence-corrected chi connectivity index (χ2v) is 7.94. The predicted octanol–water partition coefficient (Wildman–Crippen LogP) is 1.67. The third-order valence-electron chi connectivity index (χ3n) is 6.75. The molecule has 0 bridgehead atoms. The van der Waals surface area contributed by atoms with Crippen LogP contribution >= 0.6 is 0 Å². The summed E-state index contributed by atoms with van der Waals surface area (Å²) >= 11 is 0. The molecular formula is C18H33N3O2. The van der Waals surface area contributed by atoms with Crippen LogP contribution in [0.1, 0.15) is 45.4 Å². The van der Waals surface area contributed by atoms with Crippen molar-refractivity contribution in [3.63, 3.8) is 0 Å². The van der Waals surface area contributed by atoms with Crippen LogP contribution in [0, 0.1) is 17.3 Å². The normalized spacial score (nSPS) is 40.9.